The van der Waals surface area contributed by atoms with Crippen LogP contribution < -0.4 is 0 Å². The van der Waals surface area contributed by atoms with E-state index in [-0.39, 0.29) is 50.6 Å². The third-order valence-electron chi connectivity index (χ3n) is 12.2. The summed E-state index contributed by atoms with van der Waals surface area (Å²) >= 11 is 3.63. The number of fused-ring (bicyclic) bond motifs is 5. The summed E-state index contributed by atoms with van der Waals surface area (Å²) in [5, 5.41) is 32.9. The number of aliphatic carboxylic acids is 1. The van der Waals surface area contributed by atoms with Gasteiger partial charge in [-0.3, -0.25) is 4.21 Å². The fourth-order valence-corrected chi connectivity index (χ4v) is 11.9. The molecule has 4 aliphatic carbocycles. The van der Waals surface area contributed by atoms with Crippen molar-refractivity contribution in [3.63, 3.8) is 0 Å². The highest BCUT2D eigenvalue weighted by Gasteiger charge is 2.70. The summed E-state index contributed by atoms with van der Waals surface area (Å²) in [6, 6.07) is 0. The van der Waals surface area contributed by atoms with Crippen molar-refractivity contribution >= 4 is 32.7 Å². The Morgan fingerprint density at radius 3 is 2.26 bits per heavy atom. The molecular formula is C32H51BrO5S. The Bertz CT molecular complexity index is 1080. The highest BCUT2D eigenvalue weighted by Crippen LogP contribution is 2.74. The number of halogens is 1. The molecule has 0 heterocycles. The van der Waals surface area contributed by atoms with Crippen LogP contribution in [0.15, 0.2) is 21.2 Å². The van der Waals surface area contributed by atoms with Crippen LogP contribution in [0.2, 0.25) is 0 Å². The zero-order chi connectivity index (χ0) is 29.2. The molecule has 0 bridgehead atoms. The average Bonchev–Trinajstić information content (AvgIpc) is 3.14. The van der Waals surface area contributed by atoms with Gasteiger partial charge in [-0.25, -0.2) is 4.79 Å². The minimum atomic E-state index is -1.21. The Morgan fingerprint density at radius 1 is 1.05 bits per heavy atom. The first-order chi connectivity index (χ1) is 18.0. The van der Waals surface area contributed by atoms with Gasteiger partial charge in [-0.15, -0.1) is 0 Å². The van der Waals surface area contributed by atoms with Crippen molar-refractivity contribution in [2.24, 2.45) is 39.9 Å². The molecule has 3 unspecified atom stereocenters. The predicted molar refractivity (Wildman–Crippen MR) is 162 cm³/mol. The summed E-state index contributed by atoms with van der Waals surface area (Å²) in [6.07, 6.45) is 5.00. The number of aliphatic hydroxyl groups excluding tert-OH is 2. The number of carboxylic acid groups (broad SMARTS) is 1. The maximum Gasteiger partial charge on any atom is 0.331 e. The molecule has 0 aromatic carbocycles. The van der Waals surface area contributed by atoms with Crippen LogP contribution in [0.3, 0.4) is 0 Å². The standard InChI is InChI=1S/C32H51BrO5S/c1-17(2)23(33)10-9-20(29(36)37)27-22-15-25(35)28-30(6)13-12-24(34)19(5)21(30)11-14-31(28,7)32(22,8)16-26(27)39(38)18(3)4/h18-19,21-22,24-26,28,34-35H,9-16H2,1-8H3,(H,36,37)/b27-20-/t19-,21?,22?,24+,25+,26-,28-,30-,31-,32-,39?/m0/s1. The molecule has 0 radical (unpaired) electrons. The third-order valence-corrected chi connectivity index (χ3v) is 15.3. The quantitative estimate of drug-likeness (QED) is 0.276. The van der Waals surface area contributed by atoms with E-state index in [1.54, 1.807) is 0 Å². The number of hydrogen-bond acceptors (Lipinski definition) is 4. The Kier molecular flexibility index (Phi) is 8.84. The molecule has 0 aliphatic heterocycles. The molecule has 0 saturated heterocycles. The van der Waals surface area contributed by atoms with Crippen LogP contribution >= 0.6 is 15.9 Å². The maximum atomic E-state index is 13.9. The molecule has 4 fully saturated rings. The van der Waals surface area contributed by atoms with Crippen molar-refractivity contribution in [3.8, 4) is 0 Å². The van der Waals surface area contributed by atoms with Gasteiger partial charge in [-0.05, 0) is 115 Å². The van der Waals surface area contributed by atoms with E-state index < -0.39 is 22.9 Å². The summed E-state index contributed by atoms with van der Waals surface area (Å²) < 4.78 is 14.9. The molecular weight excluding hydrogens is 576 g/mol. The van der Waals surface area contributed by atoms with Crippen LogP contribution in [0.1, 0.15) is 107 Å². The van der Waals surface area contributed by atoms with Crippen molar-refractivity contribution in [1.29, 1.82) is 0 Å². The molecule has 39 heavy (non-hydrogen) atoms. The van der Waals surface area contributed by atoms with Crippen molar-refractivity contribution in [2.45, 2.75) is 129 Å². The molecule has 5 nitrogen and oxygen atoms in total. The zero-order valence-corrected chi connectivity index (χ0v) is 27.6. The first kappa shape index (κ1) is 31.4. The lowest BCUT2D eigenvalue weighted by molar-refractivity contribution is -0.233. The van der Waals surface area contributed by atoms with E-state index in [0.29, 0.717) is 37.2 Å². The van der Waals surface area contributed by atoms with Gasteiger partial charge in [-0.2, -0.15) is 0 Å². The second kappa shape index (κ2) is 11.0. The highest BCUT2D eigenvalue weighted by atomic mass is 79.9. The van der Waals surface area contributed by atoms with Gasteiger partial charge in [0.2, 0.25) is 0 Å². The number of carbonyl (C=O) groups is 1. The molecule has 4 saturated carbocycles. The van der Waals surface area contributed by atoms with E-state index in [2.05, 4.69) is 43.6 Å². The monoisotopic (exact) mass is 626 g/mol. The Labute approximate surface area is 246 Å². The van der Waals surface area contributed by atoms with Crippen LogP contribution in [-0.4, -0.2) is 48.2 Å². The van der Waals surface area contributed by atoms with Gasteiger partial charge in [0.25, 0.3) is 0 Å². The molecule has 222 valence electrons. The largest absolute Gasteiger partial charge is 0.478 e. The Morgan fingerprint density at radius 2 is 1.69 bits per heavy atom. The van der Waals surface area contributed by atoms with E-state index in [4.69, 9.17) is 0 Å². The minimum Gasteiger partial charge on any atom is -0.478 e. The molecule has 11 atom stereocenters. The van der Waals surface area contributed by atoms with Crippen LogP contribution in [0, 0.1) is 39.9 Å². The van der Waals surface area contributed by atoms with Gasteiger partial charge in [0, 0.05) is 21.6 Å². The van der Waals surface area contributed by atoms with E-state index in [9.17, 15) is 24.3 Å². The van der Waals surface area contributed by atoms with Gasteiger partial charge in [-0.1, -0.05) is 63.0 Å². The van der Waals surface area contributed by atoms with Crippen molar-refractivity contribution in [2.75, 3.05) is 0 Å². The summed E-state index contributed by atoms with van der Waals surface area (Å²) in [7, 11) is -1.21. The molecule has 4 rings (SSSR count). The minimum absolute atomic E-state index is 0.0699. The summed E-state index contributed by atoms with van der Waals surface area (Å²) in [4.78, 5) is 12.9. The first-order valence-electron chi connectivity index (χ1n) is 15.0. The van der Waals surface area contributed by atoms with Gasteiger partial charge in [0.1, 0.15) is 0 Å². The molecule has 0 amide bonds. The predicted octanol–water partition coefficient (Wildman–Crippen LogP) is 6.98. The summed E-state index contributed by atoms with van der Waals surface area (Å²) in [5.74, 6) is -0.382. The van der Waals surface area contributed by atoms with Crippen molar-refractivity contribution in [1.82, 2.24) is 0 Å². The number of rotatable bonds is 6. The lowest BCUT2D eigenvalue weighted by atomic mass is 9.36. The van der Waals surface area contributed by atoms with Gasteiger partial charge in [0.05, 0.1) is 17.5 Å². The highest BCUT2D eigenvalue weighted by molar-refractivity contribution is 9.11. The first-order valence-corrected chi connectivity index (χ1v) is 17.1. The summed E-state index contributed by atoms with van der Waals surface area (Å²) in [6.45, 7) is 17.2. The Balaban J connectivity index is 1.86. The average molecular weight is 628 g/mol. The SMILES string of the molecule is CC(C)=C(Br)CC/C(C(=O)O)=C1\C2C[C@@H](O)[C@H]3[C@@]4(C)CC[C@@H](O)[C@@H](C)C4CC[C@]3(C)[C@@]2(C)C[C@@H]1S(=O)C(C)C. The number of aliphatic hydroxyl groups is 2. The lowest BCUT2D eigenvalue weighted by Gasteiger charge is -2.69. The normalized spacial score (nSPS) is 45.7. The second-order valence-electron chi connectivity index (χ2n) is 14.5. The van der Waals surface area contributed by atoms with E-state index in [1.807, 2.05) is 27.7 Å². The van der Waals surface area contributed by atoms with E-state index in [0.717, 1.165) is 41.3 Å². The lowest BCUT2D eigenvalue weighted by Crippen LogP contribution is -2.65. The topological polar surface area (TPSA) is 94.8 Å². The molecule has 3 N–H and O–H groups in total. The summed E-state index contributed by atoms with van der Waals surface area (Å²) in [5.41, 5.74) is 1.83. The van der Waals surface area contributed by atoms with Gasteiger partial charge in [0.15, 0.2) is 0 Å². The van der Waals surface area contributed by atoms with Crippen LogP contribution in [0.5, 0.6) is 0 Å². The molecule has 0 spiro atoms. The Hall–Kier alpha value is -0.500. The fraction of sp³-hybridized carbons (Fsp3) is 0.844. The maximum absolute atomic E-state index is 13.9. The molecule has 0 aromatic rings. The van der Waals surface area contributed by atoms with Crippen LogP contribution in [0.4, 0.5) is 0 Å². The second-order valence-corrected chi connectivity index (χ2v) is 17.6. The van der Waals surface area contributed by atoms with Crippen LogP contribution in [0.25, 0.3) is 0 Å². The van der Waals surface area contributed by atoms with Gasteiger partial charge < -0.3 is 15.3 Å². The fourth-order valence-electron chi connectivity index (χ4n) is 10.00. The van der Waals surface area contributed by atoms with E-state index in [1.165, 1.54) is 0 Å². The smallest absolute Gasteiger partial charge is 0.331 e. The number of carboxylic acids is 1. The van der Waals surface area contributed by atoms with E-state index >= 15 is 0 Å². The van der Waals surface area contributed by atoms with Crippen LogP contribution in [-0.2, 0) is 15.6 Å². The molecule has 0 aromatic heterocycles. The molecule has 7 heteroatoms. The van der Waals surface area contributed by atoms with Crippen molar-refractivity contribution < 1.29 is 24.3 Å². The number of allylic oxidation sites excluding steroid dienone is 2. The molecule has 4 aliphatic rings. The van der Waals surface area contributed by atoms with Gasteiger partial charge >= 0.3 is 5.97 Å². The number of hydrogen-bond donors (Lipinski definition) is 3. The third kappa shape index (κ3) is 4.87. The zero-order valence-electron chi connectivity index (χ0n) is 25.2. The van der Waals surface area contributed by atoms with Crippen molar-refractivity contribution in [3.05, 3.63) is 21.2 Å².